The van der Waals surface area contributed by atoms with Gasteiger partial charge < -0.3 is 9.52 Å². The normalized spacial score (nSPS) is 12.9. The first-order chi connectivity index (χ1) is 9.47. The summed E-state index contributed by atoms with van der Waals surface area (Å²) < 4.78 is 8.61. The van der Waals surface area contributed by atoms with Gasteiger partial charge in [0.2, 0.25) is 0 Å². The second kappa shape index (κ2) is 6.64. The lowest BCUT2D eigenvalue weighted by atomic mass is 10.1. The van der Waals surface area contributed by atoms with E-state index >= 15 is 0 Å². The number of nitrogens with zero attached hydrogens (tertiary/aromatic N) is 2. The van der Waals surface area contributed by atoms with E-state index in [2.05, 4.69) is 37.0 Å². The van der Waals surface area contributed by atoms with Crippen LogP contribution in [0, 0.1) is 0 Å². The van der Waals surface area contributed by atoms with Gasteiger partial charge in [0.15, 0.2) is 4.67 Å². The Morgan fingerprint density at radius 1 is 1.45 bits per heavy atom. The van der Waals surface area contributed by atoms with Crippen LogP contribution in [0.25, 0.3) is 0 Å². The van der Waals surface area contributed by atoms with Crippen LogP contribution >= 0.6 is 43.5 Å². The number of hydrogen-bond acceptors (Lipinski definition) is 3. The molecule has 0 saturated carbocycles. The molecule has 1 atom stereocenters. The van der Waals surface area contributed by atoms with Crippen molar-refractivity contribution in [3.8, 4) is 0 Å². The summed E-state index contributed by atoms with van der Waals surface area (Å²) in [4.78, 5) is 0. The number of aliphatic hydroxyl groups excluding tert-OH is 1. The van der Waals surface area contributed by atoms with Gasteiger partial charge in [-0.2, -0.15) is 5.10 Å². The summed E-state index contributed by atoms with van der Waals surface area (Å²) in [5.41, 5.74) is 1.69. The minimum atomic E-state index is -0.762. The highest BCUT2D eigenvalue weighted by Gasteiger charge is 2.21. The van der Waals surface area contributed by atoms with Crippen LogP contribution in [0.5, 0.6) is 0 Å². The molecule has 0 aromatic carbocycles. The van der Waals surface area contributed by atoms with E-state index in [0.717, 1.165) is 22.3 Å². The Balaban J connectivity index is 2.27. The zero-order chi connectivity index (χ0) is 14.9. The second-order valence-corrected chi connectivity index (χ2v) is 6.32. The maximum absolute atomic E-state index is 10.3. The first kappa shape index (κ1) is 16.1. The minimum absolute atomic E-state index is 0.367. The van der Waals surface area contributed by atoms with E-state index in [0.29, 0.717) is 28.4 Å². The number of aryl methyl sites for hydroxylation is 2. The van der Waals surface area contributed by atoms with Crippen LogP contribution in [-0.4, -0.2) is 14.9 Å². The van der Waals surface area contributed by atoms with Crippen LogP contribution in [0.2, 0.25) is 5.02 Å². The van der Waals surface area contributed by atoms with Crippen molar-refractivity contribution in [2.24, 2.45) is 0 Å². The topological polar surface area (TPSA) is 51.2 Å². The van der Waals surface area contributed by atoms with Crippen molar-refractivity contribution < 1.29 is 9.52 Å². The third-order valence-corrected chi connectivity index (χ3v) is 5.22. The Hall–Kier alpha value is -0.300. The Kier molecular flexibility index (Phi) is 5.34. The zero-order valence-corrected chi connectivity index (χ0v) is 15.1. The fourth-order valence-electron chi connectivity index (χ4n) is 2.02. The Bertz CT molecular complexity index is 590. The Labute approximate surface area is 139 Å². The van der Waals surface area contributed by atoms with Crippen molar-refractivity contribution in [3.05, 3.63) is 37.4 Å². The lowest BCUT2D eigenvalue weighted by Crippen LogP contribution is -2.08. The van der Waals surface area contributed by atoms with Crippen molar-refractivity contribution >= 4 is 43.5 Å². The fraction of sp³-hybridized carbons (Fsp3) is 0.462. The van der Waals surface area contributed by atoms with E-state index in [-0.39, 0.29) is 0 Å². The summed E-state index contributed by atoms with van der Waals surface area (Å²) in [5.74, 6) is 0.488. The van der Waals surface area contributed by atoms with Gasteiger partial charge in [0.1, 0.15) is 11.9 Å². The molecule has 0 fully saturated rings. The number of hydrogen-bond donors (Lipinski definition) is 1. The third-order valence-electron chi connectivity index (χ3n) is 3.07. The second-order valence-electron chi connectivity index (χ2n) is 4.37. The van der Waals surface area contributed by atoms with E-state index in [4.69, 9.17) is 16.0 Å². The van der Waals surface area contributed by atoms with Crippen LogP contribution in [0.1, 0.15) is 37.1 Å². The van der Waals surface area contributed by atoms with Gasteiger partial charge in [0.05, 0.1) is 20.9 Å². The van der Waals surface area contributed by atoms with E-state index in [1.54, 1.807) is 6.07 Å². The maximum atomic E-state index is 10.3. The van der Waals surface area contributed by atoms with Crippen molar-refractivity contribution in [3.63, 3.8) is 0 Å². The van der Waals surface area contributed by atoms with Gasteiger partial charge in [-0.25, -0.2) is 0 Å². The number of furan rings is 1. The van der Waals surface area contributed by atoms with Gasteiger partial charge >= 0.3 is 0 Å². The first-order valence-corrected chi connectivity index (χ1v) is 8.31. The van der Waals surface area contributed by atoms with Gasteiger partial charge in [-0.3, -0.25) is 4.68 Å². The van der Waals surface area contributed by atoms with Crippen LogP contribution in [0.3, 0.4) is 0 Å². The van der Waals surface area contributed by atoms with Gasteiger partial charge in [-0.1, -0.05) is 18.5 Å². The smallest absolute Gasteiger partial charge is 0.183 e. The number of rotatable bonds is 5. The molecule has 0 spiro atoms. The minimum Gasteiger partial charge on any atom is -0.450 e. The molecule has 110 valence electrons. The Morgan fingerprint density at radius 2 is 2.15 bits per heavy atom. The molecule has 0 aliphatic rings. The average molecular weight is 427 g/mol. The van der Waals surface area contributed by atoms with Gasteiger partial charge in [0, 0.05) is 13.0 Å². The summed E-state index contributed by atoms with van der Waals surface area (Å²) in [6.45, 7) is 4.72. The molecule has 0 aliphatic carbocycles. The maximum Gasteiger partial charge on any atom is 0.183 e. The molecule has 20 heavy (non-hydrogen) atoms. The number of halogens is 3. The molecule has 0 saturated heterocycles. The number of aromatic nitrogens is 2. The summed E-state index contributed by atoms with van der Waals surface area (Å²) in [6, 6.07) is 1.75. The van der Waals surface area contributed by atoms with Crippen molar-refractivity contribution in [1.29, 1.82) is 0 Å². The first-order valence-electron chi connectivity index (χ1n) is 6.34. The SMILES string of the molecule is CCc1nn(CC)c(CC(O)c2cc(Br)c(Br)o2)c1Cl. The lowest BCUT2D eigenvalue weighted by molar-refractivity contribution is 0.146. The van der Waals surface area contributed by atoms with Gasteiger partial charge in [-0.05, 0) is 51.3 Å². The van der Waals surface area contributed by atoms with E-state index in [9.17, 15) is 5.11 Å². The molecule has 2 rings (SSSR count). The van der Waals surface area contributed by atoms with Crippen LogP contribution in [0.4, 0.5) is 0 Å². The molecule has 7 heteroatoms. The van der Waals surface area contributed by atoms with E-state index < -0.39 is 6.10 Å². The predicted molar refractivity (Wildman–Crippen MR) is 85.1 cm³/mol. The molecule has 2 aromatic heterocycles. The largest absolute Gasteiger partial charge is 0.450 e. The highest BCUT2D eigenvalue weighted by Crippen LogP contribution is 2.32. The summed E-state index contributed by atoms with van der Waals surface area (Å²) in [5, 5.41) is 15.4. The third kappa shape index (κ3) is 3.13. The summed E-state index contributed by atoms with van der Waals surface area (Å²) >= 11 is 12.9. The molecule has 4 nitrogen and oxygen atoms in total. The van der Waals surface area contributed by atoms with Crippen molar-refractivity contribution in [2.75, 3.05) is 0 Å². The molecule has 0 radical (unpaired) electrons. The fourth-order valence-corrected chi connectivity index (χ4v) is 2.98. The molecule has 0 aliphatic heterocycles. The predicted octanol–water partition coefficient (Wildman–Crippen LogP) is 4.51. The highest BCUT2D eigenvalue weighted by atomic mass is 79.9. The summed E-state index contributed by atoms with van der Waals surface area (Å²) in [7, 11) is 0. The van der Waals surface area contributed by atoms with Crippen molar-refractivity contribution in [1.82, 2.24) is 9.78 Å². The van der Waals surface area contributed by atoms with Crippen LogP contribution in [-0.2, 0) is 19.4 Å². The molecule has 1 N–H and O–H groups in total. The molecular formula is C13H15Br2ClN2O2. The average Bonchev–Trinajstić information content (AvgIpc) is 2.92. The van der Waals surface area contributed by atoms with Gasteiger partial charge in [-0.15, -0.1) is 0 Å². The lowest BCUT2D eigenvalue weighted by Gasteiger charge is -2.09. The quantitative estimate of drug-likeness (QED) is 0.765. The van der Waals surface area contributed by atoms with Crippen LogP contribution < -0.4 is 0 Å². The molecular weight excluding hydrogens is 411 g/mol. The molecule has 2 aromatic rings. The van der Waals surface area contributed by atoms with E-state index in [1.165, 1.54) is 0 Å². The summed E-state index contributed by atoms with van der Waals surface area (Å²) in [6.07, 6.45) is 0.376. The van der Waals surface area contributed by atoms with Gasteiger partial charge in [0.25, 0.3) is 0 Å². The molecule has 1 unspecified atom stereocenters. The van der Waals surface area contributed by atoms with Crippen molar-refractivity contribution in [2.45, 2.75) is 39.3 Å². The molecule has 0 amide bonds. The highest BCUT2D eigenvalue weighted by molar-refractivity contribution is 9.13. The molecule has 2 heterocycles. The standard InChI is InChI=1S/C13H15Br2ClN2O2/c1-3-8-12(16)9(18(4-2)17-8)6-10(19)11-5-7(14)13(15)20-11/h5,10,19H,3-4,6H2,1-2H3. The van der Waals surface area contributed by atoms with E-state index in [1.807, 2.05) is 18.5 Å². The monoisotopic (exact) mass is 424 g/mol. The molecule has 0 bridgehead atoms. The van der Waals surface area contributed by atoms with Crippen LogP contribution in [0.15, 0.2) is 19.6 Å². The zero-order valence-electron chi connectivity index (χ0n) is 11.2. The Morgan fingerprint density at radius 3 is 2.65 bits per heavy atom. The number of aliphatic hydroxyl groups is 1.